The van der Waals surface area contributed by atoms with Crippen molar-refractivity contribution in [2.45, 2.75) is 20.0 Å². The number of aryl methyl sites for hydroxylation is 2. The van der Waals surface area contributed by atoms with E-state index in [1.807, 2.05) is 38.1 Å². The summed E-state index contributed by atoms with van der Waals surface area (Å²) in [6.45, 7) is 5.83. The van der Waals surface area contributed by atoms with Crippen LogP contribution in [0.15, 0.2) is 66.9 Å². The van der Waals surface area contributed by atoms with E-state index in [2.05, 4.69) is 26.2 Å². The summed E-state index contributed by atoms with van der Waals surface area (Å²) < 4.78 is 36.1. The maximum absolute atomic E-state index is 14.1. The van der Waals surface area contributed by atoms with Crippen molar-refractivity contribution in [2.75, 3.05) is 42.7 Å². The molecule has 43 heavy (non-hydrogen) atoms. The van der Waals surface area contributed by atoms with Gasteiger partial charge in [0, 0.05) is 29.4 Å². The Morgan fingerprint density at radius 1 is 1.14 bits per heavy atom. The lowest BCUT2D eigenvalue weighted by Gasteiger charge is -2.22. The molecule has 0 spiro atoms. The first kappa shape index (κ1) is 28.8. The Morgan fingerprint density at radius 3 is 2.77 bits per heavy atom. The van der Waals surface area contributed by atoms with Gasteiger partial charge in [-0.15, -0.1) is 0 Å². The molecular weight excluding hydrogens is 569 g/mol. The van der Waals surface area contributed by atoms with Crippen molar-refractivity contribution in [3.8, 4) is 17.2 Å². The maximum Gasteiger partial charge on any atom is 0.214 e. The standard InChI is InChI=1S/C32H32FN5O4S/c1-19-12-21-14-28(36-27(21)15-26(19)37-43-18-23-17-40-10-11-41-23)31(39)24-16-35-38(32(24)34-3)29-9-8-22(13-20(29)2)42-30-7-5-4-6-25(30)33/h4-9,12-16,23,34,36-37H,10-11,17-18H2,1-3H3. The van der Waals surface area contributed by atoms with E-state index in [0.717, 1.165) is 39.2 Å². The summed E-state index contributed by atoms with van der Waals surface area (Å²) in [5.74, 6) is 1.35. The van der Waals surface area contributed by atoms with E-state index in [0.29, 0.717) is 42.6 Å². The van der Waals surface area contributed by atoms with Crippen LogP contribution < -0.4 is 14.8 Å². The third kappa shape index (κ3) is 6.10. The van der Waals surface area contributed by atoms with Crippen molar-refractivity contribution in [1.29, 1.82) is 0 Å². The number of anilines is 2. The van der Waals surface area contributed by atoms with Gasteiger partial charge < -0.3 is 29.2 Å². The molecule has 222 valence electrons. The first-order chi connectivity index (χ1) is 20.9. The third-order valence-electron chi connectivity index (χ3n) is 7.26. The van der Waals surface area contributed by atoms with Gasteiger partial charge in [-0.2, -0.15) is 5.10 Å². The van der Waals surface area contributed by atoms with E-state index in [4.69, 9.17) is 14.2 Å². The van der Waals surface area contributed by atoms with E-state index in [1.54, 1.807) is 54.1 Å². The average Bonchev–Trinajstić information content (AvgIpc) is 3.63. The lowest BCUT2D eigenvalue weighted by Crippen LogP contribution is -2.30. The number of aromatic amines is 1. The molecule has 1 saturated heterocycles. The first-order valence-corrected chi connectivity index (χ1v) is 14.9. The Kier molecular flexibility index (Phi) is 8.37. The molecule has 11 heteroatoms. The number of benzene rings is 3. The van der Waals surface area contributed by atoms with Gasteiger partial charge in [0.1, 0.15) is 11.6 Å². The maximum atomic E-state index is 14.1. The Bertz CT molecular complexity index is 1780. The lowest BCUT2D eigenvalue weighted by molar-refractivity contribution is -0.0776. The monoisotopic (exact) mass is 601 g/mol. The SMILES string of the molecule is CNc1c(C(=O)c2cc3cc(C)c(NSCC4COCCO4)cc3[nH]2)cnn1-c1ccc(Oc2ccccc2F)cc1C. The highest BCUT2D eigenvalue weighted by Crippen LogP contribution is 2.31. The molecule has 6 rings (SSSR count). The van der Waals surface area contributed by atoms with Crippen molar-refractivity contribution in [3.63, 3.8) is 0 Å². The number of carbonyl (C=O) groups excluding carboxylic acids is 1. The fraction of sp³-hybridized carbons (Fsp3) is 0.250. The molecule has 0 radical (unpaired) electrons. The zero-order chi connectivity index (χ0) is 29.9. The number of nitrogens with zero attached hydrogens (tertiary/aromatic N) is 2. The van der Waals surface area contributed by atoms with E-state index < -0.39 is 5.82 Å². The molecule has 1 aliphatic heterocycles. The topological polar surface area (TPSA) is 102 Å². The second kappa shape index (κ2) is 12.5. The minimum absolute atomic E-state index is 0.0706. The van der Waals surface area contributed by atoms with Crippen LogP contribution in [-0.4, -0.2) is 59.3 Å². The number of H-pyrrole nitrogens is 1. The molecule has 0 bridgehead atoms. The van der Waals surface area contributed by atoms with Crippen LogP contribution in [0.5, 0.6) is 11.5 Å². The summed E-state index contributed by atoms with van der Waals surface area (Å²) in [4.78, 5) is 17.0. The molecule has 0 aliphatic carbocycles. The van der Waals surface area contributed by atoms with Gasteiger partial charge in [0.15, 0.2) is 11.6 Å². The van der Waals surface area contributed by atoms with Crippen LogP contribution in [0.4, 0.5) is 15.9 Å². The van der Waals surface area contributed by atoms with E-state index in [9.17, 15) is 9.18 Å². The number of rotatable bonds is 10. The number of hydrogen-bond acceptors (Lipinski definition) is 8. The van der Waals surface area contributed by atoms with Crippen molar-refractivity contribution in [3.05, 3.63) is 95.1 Å². The van der Waals surface area contributed by atoms with Crippen LogP contribution >= 0.6 is 11.9 Å². The van der Waals surface area contributed by atoms with Gasteiger partial charge in [-0.3, -0.25) is 4.79 Å². The highest BCUT2D eigenvalue weighted by molar-refractivity contribution is 8.00. The number of ether oxygens (including phenoxy) is 3. The van der Waals surface area contributed by atoms with Crippen LogP contribution in [0.2, 0.25) is 0 Å². The van der Waals surface area contributed by atoms with Gasteiger partial charge in [0.2, 0.25) is 5.78 Å². The number of aromatic nitrogens is 3. The number of para-hydroxylation sites is 1. The summed E-state index contributed by atoms with van der Waals surface area (Å²) in [6, 6.07) is 17.6. The molecule has 1 unspecified atom stereocenters. The smallest absolute Gasteiger partial charge is 0.214 e. The number of halogens is 1. The molecule has 3 heterocycles. The molecule has 1 fully saturated rings. The van der Waals surface area contributed by atoms with Gasteiger partial charge in [-0.1, -0.05) is 12.1 Å². The Balaban J connectivity index is 1.21. The van der Waals surface area contributed by atoms with Crippen molar-refractivity contribution in [1.82, 2.24) is 14.8 Å². The second-order valence-electron chi connectivity index (χ2n) is 10.3. The zero-order valence-electron chi connectivity index (χ0n) is 24.1. The lowest BCUT2D eigenvalue weighted by atomic mass is 10.1. The van der Waals surface area contributed by atoms with Crippen LogP contribution in [0, 0.1) is 19.7 Å². The fourth-order valence-electron chi connectivity index (χ4n) is 5.04. The predicted octanol–water partition coefficient (Wildman–Crippen LogP) is 6.65. The highest BCUT2D eigenvalue weighted by atomic mass is 32.2. The van der Waals surface area contributed by atoms with Gasteiger partial charge in [0.25, 0.3) is 0 Å². The molecule has 2 aromatic heterocycles. The molecule has 5 aromatic rings. The fourth-order valence-corrected chi connectivity index (χ4v) is 5.88. The molecule has 0 amide bonds. The largest absolute Gasteiger partial charge is 0.454 e. The summed E-state index contributed by atoms with van der Waals surface area (Å²) in [5.41, 5.74) is 5.39. The molecule has 1 aliphatic rings. The number of fused-ring (bicyclic) bond motifs is 1. The van der Waals surface area contributed by atoms with Crippen LogP contribution in [0.25, 0.3) is 16.6 Å². The van der Waals surface area contributed by atoms with Crippen molar-refractivity contribution in [2.24, 2.45) is 0 Å². The van der Waals surface area contributed by atoms with E-state index in [-0.39, 0.29) is 17.6 Å². The summed E-state index contributed by atoms with van der Waals surface area (Å²) >= 11 is 1.57. The van der Waals surface area contributed by atoms with Crippen LogP contribution in [0.1, 0.15) is 27.2 Å². The highest BCUT2D eigenvalue weighted by Gasteiger charge is 2.22. The molecular formula is C32H32FN5O4S. The molecule has 3 N–H and O–H groups in total. The predicted molar refractivity (Wildman–Crippen MR) is 167 cm³/mol. The quantitative estimate of drug-likeness (QED) is 0.121. The number of nitrogens with one attached hydrogen (secondary N) is 3. The van der Waals surface area contributed by atoms with Gasteiger partial charge >= 0.3 is 0 Å². The minimum Gasteiger partial charge on any atom is -0.454 e. The number of ketones is 1. The second-order valence-corrected chi connectivity index (χ2v) is 11.1. The third-order valence-corrected chi connectivity index (χ3v) is 8.16. The van der Waals surface area contributed by atoms with Gasteiger partial charge in [-0.25, -0.2) is 9.07 Å². The number of carbonyl (C=O) groups is 1. The van der Waals surface area contributed by atoms with Crippen LogP contribution in [-0.2, 0) is 9.47 Å². The van der Waals surface area contributed by atoms with Crippen molar-refractivity contribution >= 4 is 40.1 Å². The van der Waals surface area contributed by atoms with E-state index in [1.165, 1.54) is 6.07 Å². The number of hydrogen-bond donors (Lipinski definition) is 3. The Labute approximate surface area is 252 Å². The van der Waals surface area contributed by atoms with E-state index >= 15 is 0 Å². The summed E-state index contributed by atoms with van der Waals surface area (Å²) in [5, 5.41) is 8.62. The molecule has 9 nitrogen and oxygen atoms in total. The molecule has 0 saturated carbocycles. The molecule has 1 atom stereocenters. The summed E-state index contributed by atoms with van der Waals surface area (Å²) in [6.07, 6.45) is 1.63. The zero-order valence-corrected chi connectivity index (χ0v) is 24.9. The average molecular weight is 602 g/mol. The summed E-state index contributed by atoms with van der Waals surface area (Å²) in [7, 11) is 1.75. The normalized spacial score (nSPS) is 15.0. The van der Waals surface area contributed by atoms with Gasteiger partial charge in [0.05, 0.1) is 49.1 Å². The first-order valence-electron chi connectivity index (χ1n) is 14.0. The van der Waals surface area contributed by atoms with Crippen molar-refractivity contribution < 1.29 is 23.4 Å². The van der Waals surface area contributed by atoms with Crippen LogP contribution in [0.3, 0.4) is 0 Å². The molecule has 3 aromatic carbocycles. The van der Waals surface area contributed by atoms with Gasteiger partial charge in [-0.05, 0) is 85.5 Å². The Hall–Kier alpha value is -4.32. The Morgan fingerprint density at radius 2 is 2.00 bits per heavy atom. The minimum atomic E-state index is -0.434.